The molecule has 0 heterocycles. The fraction of sp³-hybridized carbons (Fsp3) is 0.154. The Bertz CT molecular complexity index is 398. The maximum Gasteiger partial charge on any atom is 0.251 e. The first-order chi connectivity index (χ1) is 8.24. The number of nitrogens with two attached hydrogens (primary N) is 1. The van der Waals surface area contributed by atoms with Crippen molar-refractivity contribution < 1.29 is 4.79 Å². The van der Waals surface area contributed by atoms with Gasteiger partial charge in [0.1, 0.15) is 0 Å². The molecule has 1 amide bonds. The zero-order valence-corrected chi connectivity index (χ0v) is 9.65. The van der Waals surface area contributed by atoms with E-state index in [1.165, 1.54) is 6.20 Å². The normalized spacial score (nSPS) is 10.7. The van der Waals surface area contributed by atoms with E-state index in [2.05, 4.69) is 17.2 Å². The van der Waals surface area contributed by atoms with Crippen molar-refractivity contribution in [2.24, 2.45) is 5.73 Å². The molecule has 0 aliphatic carbocycles. The Morgan fingerprint density at radius 3 is 2.71 bits per heavy atom. The molecule has 0 bridgehead atoms. The molecule has 0 aliphatic heterocycles. The fourth-order valence-corrected chi connectivity index (χ4v) is 1.25. The first kappa shape index (κ1) is 12.8. The number of benzene rings is 1. The number of hydrogen-bond donors (Lipinski definition) is 3. The van der Waals surface area contributed by atoms with Crippen LogP contribution in [0.2, 0.25) is 0 Å². The molecule has 0 saturated carbocycles. The molecule has 0 atom stereocenters. The van der Waals surface area contributed by atoms with Gasteiger partial charge >= 0.3 is 0 Å². The van der Waals surface area contributed by atoms with Crippen molar-refractivity contribution in [1.82, 2.24) is 10.6 Å². The highest BCUT2D eigenvalue weighted by molar-refractivity contribution is 5.94. The molecule has 0 aliphatic rings. The van der Waals surface area contributed by atoms with E-state index in [1.54, 1.807) is 18.3 Å². The lowest BCUT2D eigenvalue weighted by Gasteiger charge is -2.05. The second-order valence-electron chi connectivity index (χ2n) is 3.46. The van der Waals surface area contributed by atoms with Crippen LogP contribution >= 0.6 is 0 Å². The molecule has 0 unspecified atom stereocenters. The Labute approximate surface area is 101 Å². The molecular formula is C13H17N3O. The number of carbonyl (C=O) groups excluding carboxylic acids is 1. The van der Waals surface area contributed by atoms with Crippen LogP contribution in [0.1, 0.15) is 16.8 Å². The summed E-state index contributed by atoms with van der Waals surface area (Å²) in [7, 11) is 0. The summed E-state index contributed by atoms with van der Waals surface area (Å²) in [6, 6.07) is 9.08. The van der Waals surface area contributed by atoms with Gasteiger partial charge in [-0.1, -0.05) is 24.8 Å². The van der Waals surface area contributed by atoms with Gasteiger partial charge in [0.05, 0.1) is 0 Å². The summed E-state index contributed by atoms with van der Waals surface area (Å²) < 4.78 is 0. The van der Waals surface area contributed by atoms with Gasteiger partial charge < -0.3 is 16.4 Å². The summed E-state index contributed by atoms with van der Waals surface area (Å²) in [5.74, 6) is -0.0879. The third kappa shape index (κ3) is 4.88. The molecule has 1 rings (SSSR count). The van der Waals surface area contributed by atoms with E-state index in [-0.39, 0.29) is 5.91 Å². The molecule has 0 aromatic heterocycles. The van der Waals surface area contributed by atoms with Gasteiger partial charge in [0.2, 0.25) is 0 Å². The largest absolute Gasteiger partial charge is 0.401 e. The van der Waals surface area contributed by atoms with Gasteiger partial charge in [0.25, 0.3) is 5.91 Å². The van der Waals surface area contributed by atoms with Gasteiger partial charge in [-0.15, -0.1) is 0 Å². The predicted octanol–water partition coefficient (Wildman–Crippen LogP) is 1.34. The van der Waals surface area contributed by atoms with Gasteiger partial charge in [-0.3, -0.25) is 4.79 Å². The summed E-state index contributed by atoms with van der Waals surface area (Å²) in [6.07, 6.45) is 3.79. The number of hydrogen-bond acceptors (Lipinski definition) is 3. The molecule has 4 heteroatoms. The van der Waals surface area contributed by atoms with Crippen LogP contribution in [-0.4, -0.2) is 12.5 Å². The molecule has 90 valence electrons. The Balaban J connectivity index is 2.32. The van der Waals surface area contributed by atoms with Gasteiger partial charge in [0, 0.05) is 30.4 Å². The highest BCUT2D eigenvalue weighted by Gasteiger charge is 2.02. The van der Waals surface area contributed by atoms with Crippen molar-refractivity contribution in [3.8, 4) is 0 Å². The summed E-state index contributed by atoms with van der Waals surface area (Å²) >= 11 is 0. The number of rotatable bonds is 6. The maximum absolute atomic E-state index is 11.6. The van der Waals surface area contributed by atoms with Crippen LogP contribution in [0, 0.1) is 0 Å². The Hall–Kier alpha value is -2.23. The van der Waals surface area contributed by atoms with E-state index in [4.69, 9.17) is 5.73 Å². The maximum atomic E-state index is 11.6. The van der Waals surface area contributed by atoms with Crippen LogP contribution in [-0.2, 0) is 0 Å². The van der Waals surface area contributed by atoms with Gasteiger partial charge in [-0.25, -0.2) is 0 Å². The predicted molar refractivity (Wildman–Crippen MR) is 69.0 cm³/mol. The fourth-order valence-electron chi connectivity index (χ4n) is 1.25. The topological polar surface area (TPSA) is 67.2 Å². The van der Waals surface area contributed by atoms with E-state index in [1.807, 2.05) is 18.2 Å². The second-order valence-corrected chi connectivity index (χ2v) is 3.46. The van der Waals surface area contributed by atoms with Crippen LogP contribution in [0.5, 0.6) is 0 Å². The van der Waals surface area contributed by atoms with Crippen LogP contribution in [0.3, 0.4) is 0 Å². The quantitative estimate of drug-likeness (QED) is 0.692. The van der Waals surface area contributed by atoms with Crippen LogP contribution < -0.4 is 16.4 Å². The Morgan fingerprint density at radius 2 is 2.06 bits per heavy atom. The number of carbonyl (C=O) groups is 1. The van der Waals surface area contributed by atoms with Crippen LogP contribution in [0.4, 0.5) is 0 Å². The van der Waals surface area contributed by atoms with E-state index in [0.717, 1.165) is 0 Å². The molecule has 1 aromatic carbocycles. The lowest BCUT2D eigenvalue weighted by atomic mass is 10.2. The van der Waals surface area contributed by atoms with Crippen molar-refractivity contribution in [2.75, 3.05) is 6.54 Å². The number of nitrogens with one attached hydrogen (secondary N) is 2. The first-order valence-corrected chi connectivity index (χ1v) is 5.38. The second kappa shape index (κ2) is 7.11. The van der Waals surface area contributed by atoms with E-state index in [0.29, 0.717) is 24.2 Å². The Morgan fingerprint density at radius 1 is 1.35 bits per heavy atom. The summed E-state index contributed by atoms with van der Waals surface area (Å²) in [5.41, 5.74) is 7.00. The summed E-state index contributed by atoms with van der Waals surface area (Å²) in [4.78, 5) is 11.6. The lowest BCUT2D eigenvalue weighted by molar-refractivity contribution is 0.0954. The smallest absolute Gasteiger partial charge is 0.251 e. The van der Waals surface area contributed by atoms with E-state index >= 15 is 0 Å². The minimum Gasteiger partial charge on any atom is -0.401 e. The first-order valence-electron chi connectivity index (χ1n) is 5.38. The van der Waals surface area contributed by atoms with Crippen molar-refractivity contribution in [1.29, 1.82) is 0 Å². The molecule has 0 fully saturated rings. The summed E-state index contributed by atoms with van der Waals surface area (Å²) in [6.45, 7) is 4.01. The van der Waals surface area contributed by atoms with Crippen molar-refractivity contribution in [2.45, 2.75) is 6.42 Å². The lowest BCUT2D eigenvalue weighted by Crippen LogP contribution is -2.25. The van der Waals surface area contributed by atoms with Crippen LogP contribution in [0.25, 0.3) is 0 Å². The van der Waals surface area contributed by atoms with E-state index < -0.39 is 0 Å². The standard InChI is InChI=1S/C13H17N3O/c1-2-15-10-12(14)8-9-16-13(17)11-6-4-3-5-7-11/h2-7,10,15H,1,8-9,14H2,(H,16,17)/b12-10-. The molecule has 4 N–H and O–H groups in total. The van der Waals surface area contributed by atoms with Crippen molar-refractivity contribution >= 4 is 5.91 Å². The molecule has 0 spiro atoms. The SMILES string of the molecule is C=CN/C=C(\N)CCNC(=O)c1ccccc1. The average Bonchev–Trinajstić information content (AvgIpc) is 2.37. The number of amides is 1. The average molecular weight is 231 g/mol. The molecular weight excluding hydrogens is 214 g/mol. The molecule has 0 saturated heterocycles. The van der Waals surface area contributed by atoms with Gasteiger partial charge in [0.15, 0.2) is 0 Å². The molecule has 17 heavy (non-hydrogen) atoms. The zero-order chi connectivity index (χ0) is 12.5. The minimum absolute atomic E-state index is 0.0879. The Kier molecular flexibility index (Phi) is 5.37. The van der Waals surface area contributed by atoms with Gasteiger partial charge in [-0.2, -0.15) is 0 Å². The van der Waals surface area contributed by atoms with E-state index in [9.17, 15) is 4.79 Å². The highest BCUT2D eigenvalue weighted by atomic mass is 16.1. The molecule has 1 aromatic rings. The van der Waals surface area contributed by atoms with Crippen molar-refractivity contribution in [3.63, 3.8) is 0 Å². The summed E-state index contributed by atoms with van der Waals surface area (Å²) in [5, 5.41) is 5.57. The monoisotopic (exact) mass is 231 g/mol. The zero-order valence-electron chi connectivity index (χ0n) is 9.65. The highest BCUT2D eigenvalue weighted by Crippen LogP contribution is 1.98. The van der Waals surface area contributed by atoms with Gasteiger partial charge in [-0.05, 0) is 18.3 Å². The minimum atomic E-state index is -0.0879. The molecule has 0 radical (unpaired) electrons. The third-order valence-electron chi connectivity index (χ3n) is 2.12. The van der Waals surface area contributed by atoms with Crippen LogP contribution in [0.15, 0.2) is 55.0 Å². The van der Waals surface area contributed by atoms with Crippen molar-refractivity contribution in [3.05, 3.63) is 60.6 Å². The third-order valence-corrected chi connectivity index (χ3v) is 2.12. The molecule has 4 nitrogen and oxygen atoms in total.